The lowest BCUT2D eigenvalue weighted by atomic mass is 9.72. The monoisotopic (exact) mass is 694 g/mol. The van der Waals surface area contributed by atoms with Gasteiger partial charge in [-0.3, -0.25) is 4.57 Å². The molecule has 7 aromatic carbocycles. The third-order valence-electron chi connectivity index (χ3n) is 11.0. The number of hydrogen-bond donors (Lipinski definition) is 0. The van der Waals surface area contributed by atoms with E-state index >= 15 is 0 Å². The van der Waals surface area contributed by atoms with Gasteiger partial charge in [0, 0.05) is 33.9 Å². The minimum absolute atomic E-state index is 0.291. The van der Waals surface area contributed by atoms with Crippen LogP contribution >= 0.6 is 0 Å². The normalized spacial score (nSPS) is 14.9. The molecule has 2 aliphatic rings. The maximum atomic E-state index is 5.39. The van der Waals surface area contributed by atoms with Crippen molar-refractivity contribution in [2.24, 2.45) is 9.98 Å². The molecule has 4 nitrogen and oxygen atoms in total. The zero-order chi connectivity index (χ0) is 36.2. The molecule has 0 fully saturated rings. The van der Waals surface area contributed by atoms with E-state index in [-0.39, 0.29) is 5.41 Å². The van der Waals surface area contributed by atoms with E-state index in [9.17, 15) is 0 Å². The van der Waals surface area contributed by atoms with Gasteiger partial charge < -0.3 is 4.90 Å². The van der Waals surface area contributed by atoms with Crippen molar-refractivity contribution < 1.29 is 0 Å². The number of rotatable bonds is 5. The summed E-state index contributed by atoms with van der Waals surface area (Å²) in [4.78, 5) is 13.1. The summed E-state index contributed by atoms with van der Waals surface area (Å²) in [5, 5.41) is 2.46. The van der Waals surface area contributed by atoms with E-state index < -0.39 is 0 Å². The van der Waals surface area contributed by atoms with Crippen LogP contribution in [0.2, 0.25) is 0 Å². The Morgan fingerprint density at radius 2 is 1.11 bits per heavy atom. The van der Waals surface area contributed by atoms with E-state index in [1.807, 2.05) is 12.1 Å². The molecule has 2 aliphatic heterocycles. The first-order chi connectivity index (χ1) is 26.6. The second kappa shape index (κ2) is 12.7. The average molecular weight is 695 g/mol. The van der Waals surface area contributed by atoms with Crippen LogP contribution in [-0.4, -0.2) is 16.1 Å². The van der Waals surface area contributed by atoms with Crippen LogP contribution in [0.25, 0.3) is 38.8 Å². The first-order valence-corrected chi connectivity index (χ1v) is 18.7. The standard InChI is InChI=1S/C50H38N4/c1-50(2)40-23-13-15-25-43(40)53(38-28-26-35(27-29-38)34-16-6-3-7-17-34)45-32-31-44-47(48(45)50)39-22-12-14-24-42(39)54(44)46-33-30-41(36-18-8-4-9-19-36)51-49(52-46)37-20-10-5-11-21-37/h3-29,31-33H,30H2,1-2H3. The van der Waals surface area contributed by atoms with E-state index in [4.69, 9.17) is 9.98 Å². The molecular formula is C50H38N4. The fourth-order valence-corrected chi connectivity index (χ4v) is 8.50. The molecule has 0 spiro atoms. The maximum Gasteiger partial charge on any atom is 0.161 e. The molecular weight excluding hydrogens is 657 g/mol. The zero-order valence-corrected chi connectivity index (χ0v) is 30.3. The van der Waals surface area contributed by atoms with E-state index in [0.717, 1.165) is 39.4 Å². The largest absolute Gasteiger partial charge is 0.310 e. The number of benzene rings is 7. The van der Waals surface area contributed by atoms with Gasteiger partial charge in [-0.2, -0.15) is 0 Å². The Labute approximate surface area is 315 Å². The quantitative estimate of drug-likeness (QED) is 0.176. The second-order valence-electron chi connectivity index (χ2n) is 14.6. The minimum atomic E-state index is -0.291. The highest BCUT2D eigenvalue weighted by atomic mass is 15.2. The van der Waals surface area contributed by atoms with Crippen molar-refractivity contribution in [3.05, 3.63) is 204 Å². The van der Waals surface area contributed by atoms with Crippen molar-refractivity contribution in [3.8, 4) is 11.1 Å². The number of para-hydroxylation sites is 2. The lowest BCUT2D eigenvalue weighted by Crippen LogP contribution is -2.30. The predicted octanol–water partition coefficient (Wildman–Crippen LogP) is 12.7. The lowest BCUT2D eigenvalue weighted by molar-refractivity contribution is 0.638. The van der Waals surface area contributed by atoms with Gasteiger partial charge in [-0.05, 0) is 70.3 Å². The van der Waals surface area contributed by atoms with Crippen LogP contribution in [0.5, 0.6) is 0 Å². The van der Waals surface area contributed by atoms with Crippen LogP contribution in [-0.2, 0) is 5.41 Å². The third-order valence-corrected chi connectivity index (χ3v) is 11.0. The number of anilines is 3. The van der Waals surface area contributed by atoms with Gasteiger partial charge in [-0.15, -0.1) is 0 Å². The molecule has 0 saturated heterocycles. The summed E-state index contributed by atoms with van der Waals surface area (Å²) >= 11 is 0. The van der Waals surface area contributed by atoms with Crippen molar-refractivity contribution in [2.45, 2.75) is 25.7 Å². The molecule has 10 rings (SSSR count). The number of nitrogens with zero attached hydrogens (tertiary/aromatic N) is 4. The highest BCUT2D eigenvalue weighted by Crippen LogP contribution is 2.55. The maximum absolute atomic E-state index is 5.39. The topological polar surface area (TPSA) is 32.9 Å². The van der Waals surface area contributed by atoms with E-state index in [1.165, 1.54) is 44.4 Å². The number of allylic oxidation sites excluding steroid dienone is 1. The SMILES string of the molecule is CC1(C)c2ccccc2N(c2ccc(-c3ccccc3)cc2)c2ccc3c(c21)c1ccccc1n3C1=CCC(c2ccccc2)=NC(c2ccccc2)=N1. The predicted molar refractivity (Wildman–Crippen MR) is 227 cm³/mol. The van der Waals surface area contributed by atoms with E-state index in [0.29, 0.717) is 12.3 Å². The van der Waals surface area contributed by atoms with Gasteiger partial charge in [-0.25, -0.2) is 9.98 Å². The van der Waals surface area contributed by atoms with E-state index in [2.05, 4.69) is 193 Å². The summed E-state index contributed by atoms with van der Waals surface area (Å²) in [6.07, 6.45) is 2.90. The zero-order valence-electron chi connectivity index (χ0n) is 30.3. The summed E-state index contributed by atoms with van der Waals surface area (Å²) in [7, 11) is 0. The van der Waals surface area contributed by atoms with Crippen LogP contribution in [0.4, 0.5) is 17.1 Å². The smallest absolute Gasteiger partial charge is 0.161 e. The Hall–Kier alpha value is -6.78. The summed E-state index contributed by atoms with van der Waals surface area (Å²) in [6.45, 7) is 4.76. The fraction of sp³-hybridized carbons (Fsp3) is 0.0800. The second-order valence-corrected chi connectivity index (χ2v) is 14.6. The molecule has 4 heteroatoms. The Morgan fingerprint density at radius 3 is 1.85 bits per heavy atom. The number of fused-ring (bicyclic) bond motifs is 6. The molecule has 3 heterocycles. The van der Waals surface area contributed by atoms with Gasteiger partial charge in [-0.1, -0.05) is 153 Å². The highest BCUT2D eigenvalue weighted by molar-refractivity contribution is 6.17. The molecule has 0 amide bonds. The Bertz CT molecular complexity index is 2790. The van der Waals surface area contributed by atoms with Crippen LogP contribution in [0.1, 0.15) is 42.5 Å². The van der Waals surface area contributed by atoms with Crippen LogP contribution in [0, 0.1) is 0 Å². The first-order valence-electron chi connectivity index (χ1n) is 18.7. The van der Waals surface area contributed by atoms with Crippen LogP contribution in [0.3, 0.4) is 0 Å². The highest BCUT2D eigenvalue weighted by Gasteiger charge is 2.39. The van der Waals surface area contributed by atoms with Crippen LogP contribution < -0.4 is 4.90 Å². The van der Waals surface area contributed by atoms with Gasteiger partial charge in [0.2, 0.25) is 0 Å². The Balaban J connectivity index is 1.20. The molecule has 0 aliphatic carbocycles. The lowest BCUT2D eigenvalue weighted by Gasteiger charge is -2.42. The molecule has 1 aromatic heterocycles. The molecule has 0 atom stereocenters. The molecule has 0 saturated carbocycles. The number of aliphatic imine (C=N–C) groups is 2. The minimum Gasteiger partial charge on any atom is -0.310 e. The van der Waals surface area contributed by atoms with Crippen molar-refractivity contribution in [1.82, 2.24) is 4.57 Å². The molecule has 0 radical (unpaired) electrons. The molecule has 0 unspecified atom stereocenters. The third kappa shape index (κ3) is 5.14. The Morgan fingerprint density at radius 1 is 0.500 bits per heavy atom. The number of hydrogen-bond acceptors (Lipinski definition) is 3. The molecule has 0 N–H and O–H groups in total. The van der Waals surface area contributed by atoms with Crippen molar-refractivity contribution in [1.29, 1.82) is 0 Å². The van der Waals surface area contributed by atoms with Crippen molar-refractivity contribution >= 4 is 56.2 Å². The van der Waals surface area contributed by atoms with Crippen molar-refractivity contribution in [3.63, 3.8) is 0 Å². The summed E-state index contributed by atoms with van der Waals surface area (Å²) < 4.78 is 2.35. The van der Waals surface area contributed by atoms with Gasteiger partial charge >= 0.3 is 0 Å². The molecule has 0 bridgehead atoms. The summed E-state index contributed by atoms with van der Waals surface area (Å²) in [5.74, 6) is 1.58. The number of amidine groups is 1. The van der Waals surface area contributed by atoms with Crippen molar-refractivity contribution in [2.75, 3.05) is 4.90 Å². The summed E-state index contributed by atoms with van der Waals surface area (Å²) in [5.41, 5.74) is 13.6. The summed E-state index contributed by atoms with van der Waals surface area (Å²) in [6, 6.07) is 62.7. The van der Waals surface area contributed by atoms with Gasteiger partial charge in [0.1, 0.15) is 5.82 Å². The number of aromatic nitrogens is 1. The Kier molecular flexibility index (Phi) is 7.51. The average Bonchev–Trinajstić information content (AvgIpc) is 3.40. The van der Waals surface area contributed by atoms with E-state index in [1.54, 1.807) is 0 Å². The van der Waals surface area contributed by atoms with Gasteiger partial charge in [0.25, 0.3) is 0 Å². The van der Waals surface area contributed by atoms with Gasteiger partial charge in [0.15, 0.2) is 5.84 Å². The fourth-order valence-electron chi connectivity index (χ4n) is 8.50. The molecule has 258 valence electrons. The van der Waals surface area contributed by atoms with Gasteiger partial charge in [0.05, 0.1) is 28.1 Å². The van der Waals surface area contributed by atoms with Crippen LogP contribution in [0.15, 0.2) is 192 Å². The first kappa shape index (κ1) is 31.9. The molecule has 54 heavy (non-hydrogen) atoms. The molecule has 8 aromatic rings.